The molecule has 0 spiro atoms. The third-order valence-electron chi connectivity index (χ3n) is 4.42. The third-order valence-corrected chi connectivity index (χ3v) is 4.42. The van der Waals surface area contributed by atoms with E-state index >= 15 is 0 Å². The van der Waals surface area contributed by atoms with E-state index in [0.29, 0.717) is 13.0 Å². The lowest BCUT2D eigenvalue weighted by Gasteiger charge is -2.13. The van der Waals surface area contributed by atoms with Crippen molar-refractivity contribution in [2.24, 2.45) is 0 Å². The smallest absolute Gasteiger partial charge is 0.364 e. The number of hydrogen-bond donors (Lipinski definition) is 2. The highest BCUT2D eigenvalue weighted by Gasteiger charge is 2.24. The molecule has 0 saturated carbocycles. The fraction of sp³-hybridized carbons (Fsp3) is 0.250. The van der Waals surface area contributed by atoms with Crippen molar-refractivity contribution in [2.75, 3.05) is 14.2 Å². The van der Waals surface area contributed by atoms with E-state index < -0.39 is 0 Å². The first-order chi connectivity index (χ1) is 12.2. The van der Waals surface area contributed by atoms with Crippen molar-refractivity contribution in [3.05, 3.63) is 65.9 Å². The first kappa shape index (κ1) is 17.0. The Morgan fingerprint density at radius 3 is 2.60 bits per heavy atom. The van der Waals surface area contributed by atoms with Gasteiger partial charge in [-0.25, -0.2) is 4.79 Å². The average Bonchev–Trinajstić information content (AvgIpc) is 3.08. The minimum atomic E-state index is -0.286. The highest BCUT2D eigenvalue weighted by molar-refractivity contribution is 5.84. The van der Waals surface area contributed by atoms with Gasteiger partial charge in [0.05, 0.1) is 14.2 Å². The van der Waals surface area contributed by atoms with E-state index in [1.54, 1.807) is 7.11 Å². The van der Waals surface area contributed by atoms with Crippen molar-refractivity contribution in [1.82, 2.24) is 4.98 Å². The number of fused-ring (bicyclic) bond motifs is 1. The number of esters is 1. The number of methoxy groups -OCH3 is 2. The summed E-state index contributed by atoms with van der Waals surface area (Å²) in [4.78, 5) is 15.5. The number of carbonyl (C=O) groups is 1. The van der Waals surface area contributed by atoms with Gasteiger partial charge < -0.3 is 19.8 Å². The van der Waals surface area contributed by atoms with E-state index in [0.717, 1.165) is 27.8 Å². The van der Waals surface area contributed by atoms with Gasteiger partial charge in [-0.15, -0.1) is 0 Å². The highest BCUT2D eigenvalue weighted by atomic mass is 16.5. The Bertz CT molecular complexity index is 840. The molecule has 2 aromatic carbocycles. The third kappa shape index (κ3) is 4.00. The van der Waals surface area contributed by atoms with Gasteiger partial charge in [0.1, 0.15) is 12.3 Å². The molecule has 0 radical (unpaired) electrons. The largest absolute Gasteiger partial charge is 0.497 e. The first-order valence-corrected chi connectivity index (χ1v) is 8.30. The summed E-state index contributed by atoms with van der Waals surface area (Å²) < 4.78 is 10.2. The van der Waals surface area contributed by atoms with Gasteiger partial charge in [-0.1, -0.05) is 18.2 Å². The molecule has 3 aromatic rings. The van der Waals surface area contributed by atoms with Crippen molar-refractivity contribution >= 4 is 16.9 Å². The minimum Gasteiger partial charge on any atom is -0.497 e. The molecule has 130 valence electrons. The first-order valence-electron chi connectivity index (χ1n) is 8.30. The second-order valence-corrected chi connectivity index (χ2v) is 5.98. The quantitative estimate of drug-likeness (QED) is 0.647. The summed E-state index contributed by atoms with van der Waals surface area (Å²) in [5.74, 6) is 0.617. The van der Waals surface area contributed by atoms with E-state index in [9.17, 15) is 4.79 Å². The summed E-state index contributed by atoms with van der Waals surface area (Å²) in [6, 6.07) is 15.7. The molecule has 0 saturated heterocycles. The Balaban J connectivity index is 1.72. The molecule has 0 amide bonds. The van der Waals surface area contributed by atoms with Crippen molar-refractivity contribution < 1.29 is 19.6 Å². The van der Waals surface area contributed by atoms with Crippen LogP contribution < -0.4 is 10.1 Å². The molecule has 0 fully saturated rings. The number of H-pyrrole nitrogens is 1. The standard InChI is InChI=1S/C20H22N2O3/c1-24-16-9-7-14(8-10-16)12-21-19(20(23)25-2)11-15-13-22-18-6-4-3-5-17(15)18/h3-10,13,19,21-22H,11-12H2,1-2H3/p+1. The molecule has 1 heterocycles. The predicted molar refractivity (Wildman–Crippen MR) is 96.4 cm³/mol. The van der Waals surface area contributed by atoms with Crippen molar-refractivity contribution in [3.63, 3.8) is 0 Å². The zero-order valence-electron chi connectivity index (χ0n) is 14.5. The summed E-state index contributed by atoms with van der Waals surface area (Å²) in [5.41, 5.74) is 3.34. The molecule has 3 rings (SSSR count). The van der Waals surface area contributed by atoms with Gasteiger partial charge in [-0.2, -0.15) is 0 Å². The van der Waals surface area contributed by atoms with Crippen molar-refractivity contribution in [1.29, 1.82) is 0 Å². The van der Waals surface area contributed by atoms with Crippen LogP contribution in [-0.4, -0.2) is 31.2 Å². The van der Waals surface area contributed by atoms with E-state index in [1.165, 1.54) is 7.11 Å². The number of ether oxygens (including phenoxy) is 2. The van der Waals surface area contributed by atoms with Gasteiger partial charge in [-0.05, 0) is 35.9 Å². The molecule has 0 bridgehead atoms. The van der Waals surface area contributed by atoms with Crippen LogP contribution in [0.5, 0.6) is 5.75 Å². The Morgan fingerprint density at radius 2 is 1.88 bits per heavy atom. The molecule has 1 atom stereocenters. The number of aromatic nitrogens is 1. The van der Waals surface area contributed by atoms with Crippen molar-refractivity contribution in [2.45, 2.75) is 19.0 Å². The van der Waals surface area contributed by atoms with E-state index in [1.807, 2.05) is 54.0 Å². The number of nitrogens with two attached hydrogens (primary N) is 1. The molecular formula is C20H23N2O3+. The normalized spacial score (nSPS) is 12.1. The molecule has 0 aliphatic carbocycles. The number of quaternary nitrogens is 1. The van der Waals surface area contributed by atoms with Crippen LogP contribution in [0.25, 0.3) is 10.9 Å². The summed E-state index contributed by atoms with van der Waals surface area (Å²) >= 11 is 0. The molecule has 3 N–H and O–H groups in total. The monoisotopic (exact) mass is 339 g/mol. The van der Waals surface area contributed by atoms with Gasteiger partial charge in [0.15, 0.2) is 6.04 Å². The highest BCUT2D eigenvalue weighted by Crippen LogP contribution is 2.19. The summed E-state index contributed by atoms with van der Waals surface area (Å²) in [7, 11) is 3.08. The lowest BCUT2D eigenvalue weighted by molar-refractivity contribution is -0.693. The SMILES string of the molecule is COC(=O)C(Cc1c[nH]c2ccccc12)[NH2+]Cc1ccc(OC)cc1. The van der Waals surface area contributed by atoms with Gasteiger partial charge in [0, 0.05) is 29.1 Å². The lowest BCUT2D eigenvalue weighted by atomic mass is 10.0. The minimum absolute atomic E-state index is 0.209. The number of rotatable bonds is 7. The van der Waals surface area contributed by atoms with Crippen molar-refractivity contribution in [3.8, 4) is 5.75 Å². The van der Waals surface area contributed by atoms with Crippen LogP contribution in [0.3, 0.4) is 0 Å². The average molecular weight is 339 g/mol. The maximum absolute atomic E-state index is 12.2. The maximum atomic E-state index is 12.2. The number of carbonyl (C=O) groups excluding carboxylic acids is 1. The summed E-state index contributed by atoms with van der Waals surface area (Å²) in [6.45, 7) is 0.701. The van der Waals surface area contributed by atoms with Crippen LogP contribution in [0.15, 0.2) is 54.7 Å². The van der Waals surface area contributed by atoms with Gasteiger partial charge in [0.2, 0.25) is 0 Å². The van der Waals surface area contributed by atoms with Crippen LogP contribution in [0.4, 0.5) is 0 Å². The predicted octanol–water partition coefficient (Wildman–Crippen LogP) is 2.02. The number of aromatic amines is 1. The van der Waals surface area contributed by atoms with Gasteiger partial charge in [0.25, 0.3) is 0 Å². The molecule has 25 heavy (non-hydrogen) atoms. The van der Waals surface area contributed by atoms with Gasteiger partial charge >= 0.3 is 5.97 Å². The molecule has 0 aliphatic heterocycles. The number of benzene rings is 2. The molecule has 0 aliphatic rings. The molecule has 1 aromatic heterocycles. The molecule has 5 heteroatoms. The fourth-order valence-corrected chi connectivity index (χ4v) is 2.99. The summed E-state index contributed by atoms with van der Waals surface area (Å²) in [6.07, 6.45) is 2.59. The zero-order chi connectivity index (χ0) is 17.6. The van der Waals surface area contributed by atoms with Crippen LogP contribution in [0.1, 0.15) is 11.1 Å². The van der Waals surface area contributed by atoms with Crippen LogP contribution >= 0.6 is 0 Å². The Hall–Kier alpha value is -2.79. The van der Waals surface area contributed by atoms with E-state index in [4.69, 9.17) is 9.47 Å². The van der Waals surface area contributed by atoms with Crippen LogP contribution in [0, 0.1) is 0 Å². The topological polar surface area (TPSA) is 67.9 Å². The Kier molecular flexibility index (Phi) is 5.36. The molecule has 1 unspecified atom stereocenters. The van der Waals surface area contributed by atoms with E-state index in [2.05, 4.69) is 11.1 Å². The fourth-order valence-electron chi connectivity index (χ4n) is 2.99. The second kappa shape index (κ2) is 7.85. The lowest BCUT2D eigenvalue weighted by Crippen LogP contribution is -2.91. The molecular weight excluding hydrogens is 316 g/mol. The molecule has 5 nitrogen and oxygen atoms in total. The Morgan fingerprint density at radius 1 is 1.12 bits per heavy atom. The summed E-state index contributed by atoms with van der Waals surface area (Å²) in [5, 5.41) is 3.17. The maximum Gasteiger partial charge on any atom is 0.364 e. The zero-order valence-corrected chi connectivity index (χ0v) is 14.5. The van der Waals surface area contributed by atoms with Crippen LogP contribution in [0.2, 0.25) is 0 Å². The number of hydrogen-bond acceptors (Lipinski definition) is 3. The number of para-hydroxylation sites is 1. The van der Waals surface area contributed by atoms with Crippen LogP contribution in [-0.2, 0) is 22.5 Å². The number of nitrogens with one attached hydrogen (secondary N) is 1. The van der Waals surface area contributed by atoms with E-state index in [-0.39, 0.29) is 12.0 Å². The van der Waals surface area contributed by atoms with Gasteiger partial charge in [-0.3, -0.25) is 0 Å². The Labute approximate surface area is 147 Å². The second-order valence-electron chi connectivity index (χ2n) is 5.98.